The number of hydrogen-bond acceptors (Lipinski definition) is 8. The highest BCUT2D eigenvalue weighted by atomic mass is 16.7. The Hall–Kier alpha value is -3.25. The van der Waals surface area contributed by atoms with Crippen LogP contribution in [0.4, 0.5) is 5.69 Å². The number of fused-ring (bicyclic) bond motifs is 2. The van der Waals surface area contributed by atoms with Gasteiger partial charge in [0.1, 0.15) is 6.07 Å². The quantitative estimate of drug-likeness (QED) is 0.347. The largest absolute Gasteiger partial charge is 0.467 e. The number of carbonyl (C=O) groups excluding carboxylic acids is 2. The highest BCUT2D eigenvalue weighted by Gasteiger charge is 2.63. The maximum atomic E-state index is 12.4. The van der Waals surface area contributed by atoms with Gasteiger partial charge in [0.05, 0.1) is 23.6 Å². The van der Waals surface area contributed by atoms with E-state index < -0.39 is 34.4 Å². The van der Waals surface area contributed by atoms with Gasteiger partial charge in [0.15, 0.2) is 0 Å². The first-order valence-corrected chi connectivity index (χ1v) is 7.38. The van der Waals surface area contributed by atoms with Crippen LogP contribution in [0.2, 0.25) is 0 Å². The van der Waals surface area contributed by atoms with Gasteiger partial charge in [0, 0.05) is 18.1 Å². The molecule has 9 nitrogen and oxygen atoms in total. The van der Waals surface area contributed by atoms with Crippen LogP contribution in [0, 0.1) is 27.4 Å². The number of non-ortho nitro benzene ring substituents is 1. The molecule has 3 atom stereocenters. The Morgan fingerprint density at radius 2 is 2.04 bits per heavy atom. The summed E-state index contributed by atoms with van der Waals surface area (Å²) in [6.07, 6.45) is 3.95. The molecule has 2 bridgehead atoms. The minimum Gasteiger partial charge on any atom is -0.467 e. The van der Waals surface area contributed by atoms with Crippen LogP contribution < -0.4 is 0 Å². The molecule has 1 aromatic carbocycles. The van der Waals surface area contributed by atoms with Crippen LogP contribution in [-0.2, 0) is 14.4 Å². The lowest BCUT2D eigenvalue weighted by Crippen LogP contribution is -2.57. The summed E-state index contributed by atoms with van der Waals surface area (Å²) in [7, 11) is 1.16. The van der Waals surface area contributed by atoms with Crippen LogP contribution >= 0.6 is 0 Å². The summed E-state index contributed by atoms with van der Waals surface area (Å²) in [5.74, 6) is -2.07. The Morgan fingerprint density at radius 3 is 2.60 bits per heavy atom. The lowest BCUT2D eigenvalue weighted by Gasteiger charge is -2.34. The highest BCUT2D eigenvalue weighted by Crippen LogP contribution is 2.45. The monoisotopic (exact) mass is 343 g/mol. The van der Waals surface area contributed by atoms with Crippen LogP contribution in [0.5, 0.6) is 0 Å². The number of esters is 1. The van der Waals surface area contributed by atoms with Gasteiger partial charge in [0.25, 0.3) is 5.69 Å². The summed E-state index contributed by atoms with van der Waals surface area (Å²) in [5.41, 5.74) is -1.83. The van der Waals surface area contributed by atoms with Gasteiger partial charge in [-0.3, -0.25) is 10.1 Å². The molecule has 2 unspecified atom stereocenters. The van der Waals surface area contributed by atoms with Gasteiger partial charge in [-0.05, 0) is 18.6 Å². The van der Waals surface area contributed by atoms with E-state index in [4.69, 9.17) is 9.57 Å². The van der Waals surface area contributed by atoms with E-state index in [1.165, 1.54) is 24.3 Å². The minimum atomic E-state index is -1.73. The van der Waals surface area contributed by atoms with Gasteiger partial charge in [-0.2, -0.15) is 5.26 Å². The molecule has 1 heterocycles. The number of ether oxygens (including phenoxy) is 1. The summed E-state index contributed by atoms with van der Waals surface area (Å²) in [5, 5.41) is 21.3. The van der Waals surface area contributed by atoms with Crippen molar-refractivity contribution in [2.24, 2.45) is 5.92 Å². The lowest BCUT2D eigenvalue weighted by molar-refractivity contribution is -0.384. The van der Waals surface area contributed by atoms with Gasteiger partial charge in [-0.15, -0.1) is 5.06 Å². The predicted molar refractivity (Wildman–Crippen MR) is 81.7 cm³/mol. The standard InChI is InChI=1S/C16H13N3O6/c1-24-15(21)16(9-17)11-4-7-13(8-11)18(16)25-14(20)10-2-5-12(6-3-10)19(22)23/h2-7,11,13H,8H2,1H3/t11?,13?,16-/m0/s1. The number of benzene rings is 1. The molecule has 1 aromatic rings. The molecule has 128 valence electrons. The summed E-state index contributed by atoms with van der Waals surface area (Å²) < 4.78 is 4.74. The van der Waals surface area contributed by atoms with E-state index in [-0.39, 0.29) is 11.3 Å². The summed E-state index contributed by atoms with van der Waals surface area (Å²) in [4.78, 5) is 40.0. The van der Waals surface area contributed by atoms with Crippen molar-refractivity contribution in [2.75, 3.05) is 7.11 Å². The first-order valence-electron chi connectivity index (χ1n) is 7.38. The van der Waals surface area contributed by atoms with E-state index in [9.17, 15) is 25.0 Å². The third kappa shape index (κ3) is 2.43. The number of hydroxylamine groups is 2. The Morgan fingerprint density at radius 1 is 1.36 bits per heavy atom. The smallest absolute Gasteiger partial charge is 0.357 e. The Labute approximate surface area is 142 Å². The fourth-order valence-corrected chi connectivity index (χ4v) is 3.16. The van der Waals surface area contributed by atoms with Gasteiger partial charge < -0.3 is 9.57 Å². The number of nitro groups is 1. The topological polar surface area (TPSA) is 123 Å². The van der Waals surface area contributed by atoms with Gasteiger partial charge in [0.2, 0.25) is 5.54 Å². The van der Waals surface area contributed by atoms with Crippen LogP contribution in [0.1, 0.15) is 16.8 Å². The number of carbonyl (C=O) groups is 2. The second-order valence-corrected chi connectivity index (χ2v) is 5.67. The molecule has 0 saturated carbocycles. The number of nitrogens with zero attached hydrogens (tertiary/aromatic N) is 3. The molecule has 9 heteroatoms. The molecule has 3 rings (SSSR count). The average Bonchev–Trinajstić information content (AvgIpc) is 3.21. The van der Waals surface area contributed by atoms with E-state index in [1.54, 1.807) is 12.2 Å². The number of nitriles is 1. The van der Waals surface area contributed by atoms with Crippen LogP contribution in [0.25, 0.3) is 0 Å². The van der Waals surface area contributed by atoms with Crippen molar-refractivity contribution in [1.29, 1.82) is 5.26 Å². The van der Waals surface area contributed by atoms with Crippen molar-refractivity contribution >= 4 is 17.6 Å². The molecule has 0 aromatic heterocycles. The zero-order chi connectivity index (χ0) is 18.2. The van der Waals surface area contributed by atoms with Gasteiger partial charge in [-0.1, -0.05) is 12.2 Å². The number of hydrogen-bond donors (Lipinski definition) is 0. The zero-order valence-electron chi connectivity index (χ0n) is 13.1. The number of nitro benzene ring substituents is 1. The van der Waals surface area contributed by atoms with Crippen LogP contribution in [0.15, 0.2) is 36.4 Å². The summed E-state index contributed by atoms with van der Waals surface area (Å²) in [6.45, 7) is 0. The third-order valence-corrected chi connectivity index (χ3v) is 4.41. The number of methoxy groups -OCH3 is 1. The molecule has 1 aliphatic carbocycles. The first-order chi connectivity index (χ1) is 11.9. The van der Waals surface area contributed by atoms with Crippen molar-refractivity contribution in [3.05, 3.63) is 52.1 Å². The molecule has 0 radical (unpaired) electrons. The Balaban J connectivity index is 1.87. The minimum absolute atomic E-state index is 0.0639. The highest BCUT2D eigenvalue weighted by molar-refractivity contribution is 5.91. The van der Waals surface area contributed by atoms with Crippen LogP contribution in [0.3, 0.4) is 0 Å². The van der Waals surface area contributed by atoms with Crippen molar-refractivity contribution in [2.45, 2.75) is 18.0 Å². The SMILES string of the molecule is COC(=O)[C@]1(C#N)C2C=CC(C2)N1OC(=O)c1ccc([N+](=O)[O-])cc1. The fourth-order valence-electron chi connectivity index (χ4n) is 3.16. The lowest BCUT2D eigenvalue weighted by atomic mass is 9.87. The molecule has 1 fully saturated rings. The Kier molecular flexibility index (Phi) is 3.98. The maximum absolute atomic E-state index is 12.4. The van der Waals surface area contributed by atoms with Crippen molar-refractivity contribution in [3.63, 3.8) is 0 Å². The van der Waals surface area contributed by atoms with E-state index in [1.807, 2.05) is 6.07 Å². The molecular weight excluding hydrogens is 330 g/mol. The second-order valence-electron chi connectivity index (χ2n) is 5.67. The summed E-state index contributed by atoms with van der Waals surface area (Å²) in [6, 6.07) is 6.35. The van der Waals surface area contributed by atoms with E-state index >= 15 is 0 Å². The number of rotatable bonds is 4. The molecule has 0 spiro atoms. The molecule has 0 N–H and O–H groups in total. The van der Waals surface area contributed by atoms with Crippen molar-refractivity contribution in [3.8, 4) is 6.07 Å². The van der Waals surface area contributed by atoms with Crippen molar-refractivity contribution < 1.29 is 24.1 Å². The van der Waals surface area contributed by atoms with Gasteiger partial charge in [-0.25, -0.2) is 9.59 Å². The first kappa shape index (κ1) is 16.6. The normalized spacial score (nSPS) is 26.9. The average molecular weight is 343 g/mol. The third-order valence-electron chi connectivity index (χ3n) is 4.41. The summed E-state index contributed by atoms with van der Waals surface area (Å²) >= 11 is 0. The van der Waals surface area contributed by atoms with E-state index in [0.717, 1.165) is 12.2 Å². The zero-order valence-corrected chi connectivity index (χ0v) is 13.1. The maximum Gasteiger partial charge on any atom is 0.357 e. The van der Waals surface area contributed by atoms with Gasteiger partial charge >= 0.3 is 11.9 Å². The Bertz CT molecular complexity index is 812. The molecule has 0 amide bonds. The molecule has 1 saturated heterocycles. The second kappa shape index (κ2) is 5.99. The molecule has 25 heavy (non-hydrogen) atoms. The fraction of sp³-hybridized carbons (Fsp3) is 0.312. The van der Waals surface area contributed by atoms with E-state index in [0.29, 0.717) is 6.42 Å². The van der Waals surface area contributed by atoms with Crippen molar-refractivity contribution in [1.82, 2.24) is 5.06 Å². The van der Waals surface area contributed by atoms with Crippen LogP contribution in [-0.4, -0.2) is 40.6 Å². The predicted octanol–water partition coefficient (Wildman–Crippen LogP) is 1.36. The van der Waals surface area contributed by atoms with E-state index in [2.05, 4.69) is 0 Å². The molecule has 1 aliphatic heterocycles. The molecule has 2 aliphatic rings. The molecular formula is C16H13N3O6.